The molecule has 0 aliphatic carbocycles. The number of allylic oxidation sites excluding steroid dienone is 5. The number of aromatic nitrogens is 2. The van der Waals surface area contributed by atoms with Crippen molar-refractivity contribution in [1.29, 1.82) is 0 Å². The summed E-state index contributed by atoms with van der Waals surface area (Å²) in [5.41, 5.74) is 4.81. The molecule has 3 rings (SSSR count). The fourth-order valence-electron chi connectivity index (χ4n) is 4.20. The Bertz CT molecular complexity index is 1110. The van der Waals surface area contributed by atoms with Gasteiger partial charge in [-0.15, -0.1) is 0 Å². The summed E-state index contributed by atoms with van der Waals surface area (Å²) in [6.07, 6.45) is 13.6. The highest BCUT2D eigenvalue weighted by atomic mass is 79.9. The van der Waals surface area contributed by atoms with Crippen LogP contribution in [0.2, 0.25) is 5.02 Å². The average molecular weight is 557 g/mol. The Kier molecular flexibility index (Phi) is 10.5. The number of nitrogens with zero attached hydrogens (tertiary/aromatic N) is 2. The van der Waals surface area contributed by atoms with Crippen LogP contribution in [-0.4, -0.2) is 40.8 Å². The Balaban J connectivity index is 1.56. The number of H-pyrrole nitrogens is 1. The van der Waals surface area contributed by atoms with Gasteiger partial charge in [-0.25, -0.2) is 0 Å². The first kappa shape index (κ1) is 27.1. The molecule has 0 amide bonds. The molecule has 7 heteroatoms. The van der Waals surface area contributed by atoms with Gasteiger partial charge in [-0.3, -0.25) is 5.10 Å². The van der Waals surface area contributed by atoms with Crippen molar-refractivity contribution in [2.75, 3.05) is 25.0 Å². The van der Waals surface area contributed by atoms with Gasteiger partial charge in [0.1, 0.15) is 0 Å². The highest BCUT2D eigenvalue weighted by Crippen LogP contribution is 2.32. The van der Waals surface area contributed by atoms with Crippen molar-refractivity contribution in [2.24, 2.45) is 0 Å². The van der Waals surface area contributed by atoms with E-state index in [2.05, 4.69) is 86.0 Å². The summed E-state index contributed by atoms with van der Waals surface area (Å²) in [6, 6.07) is 8.03. The van der Waals surface area contributed by atoms with Crippen molar-refractivity contribution in [3.8, 4) is 0 Å². The SMILES string of the molecule is C=C/C=C(\C=C/C)CCN1CCC(N/C(=C\C)c2[nH]nc(NC(=C)c3ccccc3Cl)c2Br)CC1. The predicted molar refractivity (Wildman–Crippen MR) is 154 cm³/mol. The van der Waals surface area contributed by atoms with Crippen molar-refractivity contribution in [2.45, 2.75) is 39.2 Å². The topological polar surface area (TPSA) is 56.0 Å². The monoisotopic (exact) mass is 555 g/mol. The van der Waals surface area contributed by atoms with Gasteiger partial charge in [-0.1, -0.05) is 73.3 Å². The van der Waals surface area contributed by atoms with Crippen LogP contribution in [0.25, 0.3) is 11.4 Å². The minimum Gasteiger partial charge on any atom is -0.381 e. The second kappa shape index (κ2) is 13.5. The molecule has 186 valence electrons. The Morgan fingerprint density at radius 1 is 1.29 bits per heavy atom. The molecule has 1 aliphatic heterocycles. The Labute approximate surface area is 222 Å². The number of piperidine rings is 1. The molecule has 3 N–H and O–H groups in total. The van der Waals surface area contributed by atoms with Gasteiger partial charge in [-0.2, -0.15) is 5.10 Å². The molecule has 2 heterocycles. The summed E-state index contributed by atoms with van der Waals surface area (Å²) >= 11 is 10.0. The van der Waals surface area contributed by atoms with Crippen LogP contribution in [0.4, 0.5) is 5.82 Å². The predicted octanol–water partition coefficient (Wildman–Crippen LogP) is 7.40. The van der Waals surface area contributed by atoms with Crippen LogP contribution in [0.3, 0.4) is 0 Å². The van der Waals surface area contributed by atoms with Gasteiger partial charge in [0.2, 0.25) is 0 Å². The molecule has 0 radical (unpaired) electrons. The molecule has 0 spiro atoms. The maximum absolute atomic E-state index is 6.31. The largest absolute Gasteiger partial charge is 0.381 e. The second-order valence-electron chi connectivity index (χ2n) is 8.53. The summed E-state index contributed by atoms with van der Waals surface area (Å²) < 4.78 is 0.856. The second-order valence-corrected chi connectivity index (χ2v) is 9.73. The lowest BCUT2D eigenvalue weighted by Gasteiger charge is -2.33. The van der Waals surface area contributed by atoms with Crippen molar-refractivity contribution < 1.29 is 0 Å². The molecule has 0 atom stereocenters. The standard InChI is InChI=1S/C28H35BrClN5/c1-5-10-21(11-6-2)14-17-35-18-15-22(16-19-35)32-25(7-3)27-26(29)28(34-33-27)31-20(4)23-12-8-9-13-24(23)30/h5-13,22,32H,1,4,14-19H2,2-3H3,(H2,31,33,34)/b11-6-,21-10+,25-7-. The van der Waals surface area contributed by atoms with Gasteiger partial charge < -0.3 is 15.5 Å². The summed E-state index contributed by atoms with van der Waals surface area (Å²) in [5.74, 6) is 0.672. The van der Waals surface area contributed by atoms with Gasteiger partial charge in [-0.05, 0) is 60.7 Å². The number of halogens is 2. The van der Waals surface area contributed by atoms with Gasteiger partial charge in [0.05, 0.1) is 15.9 Å². The van der Waals surface area contributed by atoms with E-state index in [0.717, 1.165) is 60.3 Å². The molecule has 0 unspecified atom stereocenters. The number of aromatic amines is 1. The van der Waals surface area contributed by atoms with Gasteiger partial charge in [0.15, 0.2) is 5.82 Å². The number of rotatable bonds is 11. The highest BCUT2D eigenvalue weighted by Gasteiger charge is 2.22. The number of nitrogens with one attached hydrogen (secondary N) is 3. The summed E-state index contributed by atoms with van der Waals surface area (Å²) in [7, 11) is 0. The first-order valence-corrected chi connectivity index (χ1v) is 13.2. The third kappa shape index (κ3) is 7.47. The minimum atomic E-state index is 0.417. The molecule has 5 nitrogen and oxygen atoms in total. The quantitative estimate of drug-likeness (QED) is 0.252. The first-order chi connectivity index (χ1) is 17.0. The molecule has 1 fully saturated rings. The van der Waals surface area contributed by atoms with Crippen molar-refractivity contribution in [3.05, 3.63) is 94.1 Å². The van der Waals surface area contributed by atoms with Crippen LogP contribution in [0.15, 0.2) is 77.8 Å². The molecule has 1 saturated heterocycles. The Morgan fingerprint density at radius 3 is 2.69 bits per heavy atom. The third-order valence-corrected chi connectivity index (χ3v) is 7.21. The van der Waals surface area contributed by atoms with E-state index in [9.17, 15) is 0 Å². The molecule has 1 aliphatic rings. The summed E-state index contributed by atoms with van der Waals surface area (Å²) in [5, 5.41) is 15.3. The number of likely N-dealkylation sites (tertiary alicyclic amines) is 1. The molecule has 35 heavy (non-hydrogen) atoms. The van der Waals surface area contributed by atoms with Crippen molar-refractivity contribution in [1.82, 2.24) is 20.4 Å². The van der Waals surface area contributed by atoms with Crippen LogP contribution in [-0.2, 0) is 0 Å². The normalized spacial score (nSPS) is 16.0. The van der Waals surface area contributed by atoms with E-state index in [1.165, 1.54) is 5.57 Å². The number of benzene rings is 1. The molecule has 1 aromatic heterocycles. The fraction of sp³-hybridized carbons (Fsp3) is 0.321. The maximum Gasteiger partial charge on any atom is 0.167 e. The summed E-state index contributed by atoms with van der Waals surface area (Å²) in [4.78, 5) is 2.54. The van der Waals surface area contributed by atoms with Crippen LogP contribution in [0, 0.1) is 0 Å². The van der Waals surface area contributed by atoms with E-state index >= 15 is 0 Å². The fourth-order valence-corrected chi connectivity index (χ4v) is 4.94. The van der Waals surface area contributed by atoms with Gasteiger partial charge >= 0.3 is 0 Å². The number of hydrogen-bond acceptors (Lipinski definition) is 4. The lowest BCUT2D eigenvalue weighted by atomic mass is 10.0. The third-order valence-electron chi connectivity index (χ3n) is 6.11. The zero-order chi connectivity index (χ0) is 25.2. The zero-order valence-electron chi connectivity index (χ0n) is 20.6. The molecule has 2 aromatic rings. The van der Waals surface area contributed by atoms with Crippen LogP contribution in [0.1, 0.15) is 44.4 Å². The van der Waals surface area contributed by atoms with E-state index in [4.69, 9.17) is 11.6 Å². The van der Waals surface area contributed by atoms with Crippen molar-refractivity contribution >= 4 is 44.7 Å². The van der Waals surface area contributed by atoms with E-state index in [0.29, 0.717) is 22.6 Å². The van der Waals surface area contributed by atoms with Gasteiger partial charge in [0.25, 0.3) is 0 Å². The first-order valence-electron chi connectivity index (χ1n) is 12.0. The van der Waals surface area contributed by atoms with Crippen LogP contribution in [0.5, 0.6) is 0 Å². The van der Waals surface area contributed by atoms with E-state index in [1.807, 2.05) is 37.3 Å². The smallest absolute Gasteiger partial charge is 0.167 e. The molecular weight excluding hydrogens is 522 g/mol. The summed E-state index contributed by atoms with van der Waals surface area (Å²) in [6.45, 7) is 15.3. The highest BCUT2D eigenvalue weighted by molar-refractivity contribution is 9.10. The Morgan fingerprint density at radius 2 is 2.03 bits per heavy atom. The Hall–Kier alpha value is -2.54. The van der Waals surface area contributed by atoms with Crippen molar-refractivity contribution in [3.63, 3.8) is 0 Å². The minimum absolute atomic E-state index is 0.417. The van der Waals surface area contributed by atoms with Gasteiger partial charge in [0, 0.05) is 42.0 Å². The molecule has 0 bridgehead atoms. The molecule has 1 aromatic carbocycles. The van der Waals surface area contributed by atoms with E-state index in [1.54, 1.807) is 0 Å². The number of hydrogen-bond donors (Lipinski definition) is 3. The molecule has 0 saturated carbocycles. The molecular formula is C28H35BrClN5. The number of anilines is 1. The lowest BCUT2D eigenvalue weighted by molar-refractivity contribution is 0.208. The lowest BCUT2D eigenvalue weighted by Crippen LogP contribution is -2.42. The zero-order valence-corrected chi connectivity index (χ0v) is 22.9. The maximum atomic E-state index is 6.31. The van der Waals surface area contributed by atoms with E-state index in [-0.39, 0.29) is 0 Å². The average Bonchev–Trinajstić information content (AvgIpc) is 3.22. The van der Waals surface area contributed by atoms with E-state index < -0.39 is 0 Å². The van der Waals surface area contributed by atoms with Crippen LogP contribution < -0.4 is 10.6 Å². The van der Waals surface area contributed by atoms with Crippen LogP contribution >= 0.6 is 27.5 Å².